The summed E-state index contributed by atoms with van der Waals surface area (Å²) >= 11 is 0. The van der Waals surface area contributed by atoms with Crippen LogP contribution in [-0.4, -0.2) is 15.0 Å². The highest BCUT2D eigenvalue weighted by molar-refractivity contribution is 6.12. The van der Waals surface area contributed by atoms with Crippen LogP contribution in [0.2, 0.25) is 0 Å². The summed E-state index contributed by atoms with van der Waals surface area (Å²) in [6.45, 7) is 0. The maximum absolute atomic E-state index is 6.45. The van der Waals surface area contributed by atoms with Gasteiger partial charge in [-0.15, -0.1) is 0 Å². The van der Waals surface area contributed by atoms with Gasteiger partial charge in [-0.25, -0.2) is 9.97 Å². The van der Waals surface area contributed by atoms with Crippen LogP contribution in [0.4, 0.5) is 0 Å². The van der Waals surface area contributed by atoms with Gasteiger partial charge in [-0.3, -0.25) is 4.98 Å². The van der Waals surface area contributed by atoms with Gasteiger partial charge in [0.25, 0.3) is 0 Å². The highest BCUT2D eigenvalue weighted by atomic mass is 16.3. The predicted molar refractivity (Wildman–Crippen MR) is 262 cm³/mol. The van der Waals surface area contributed by atoms with Crippen LogP contribution in [0.1, 0.15) is 0 Å². The average Bonchev–Trinajstić information content (AvgIpc) is 3.91. The summed E-state index contributed by atoms with van der Waals surface area (Å²) in [5, 5.41) is 9.02. The van der Waals surface area contributed by atoms with E-state index in [4.69, 9.17) is 18.8 Å². The fraction of sp³-hybridized carbons (Fsp3) is 0. The van der Waals surface area contributed by atoms with E-state index in [1.54, 1.807) is 6.20 Å². The zero-order valence-electron chi connectivity index (χ0n) is 34.4. The van der Waals surface area contributed by atoms with Gasteiger partial charge in [0, 0.05) is 56.2 Å². The van der Waals surface area contributed by atoms with Gasteiger partial charge in [0.1, 0.15) is 22.3 Å². The molecule has 0 aliphatic rings. The SMILES string of the molecule is c1ccc(-c2nc(-c3cccc(-c4cccnc4)c3)cc(-c3cc(-c4ccc5oc6cc7ccccc7cc6c5c4)cc(-c4ccc5oc6cc7ccccc7cc6c5c4)c3)n2)cc1. The summed E-state index contributed by atoms with van der Waals surface area (Å²) in [5.41, 5.74) is 14.4. The molecule has 5 nitrogen and oxygen atoms in total. The fourth-order valence-electron chi connectivity index (χ4n) is 9.24. The van der Waals surface area contributed by atoms with Crippen molar-refractivity contribution in [1.82, 2.24) is 15.0 Å². The van der Waals surface area contributed by atoms with Crippen LogP contribution in [0.3, 0.4) is 0 Å². The first-order valence-electron chi connectivity index (χ1n) is 21.5. The number of rotatable bonds is 6. The lowest BCUT2D eigenvalue weighted by atomic mass is 9.93. The molecule has 0 amide bonds. The number of furan rings is 2. The standard InChI is InChI=1S/C59H35N3O2/c1-2-10-36(11-3-1)59-61-53(44-17-8-16-37(24-44)45-18-9-23-60-35-45)34-54(62-59)48-26-46(42-19-21-55-49(30-42)51-28-38-12-4-6-14-40(38)32-57(51)63-55)25-47(27-48)43-20-22-56-50(31-43)52-29-39-13-5-7-15-41(39)33-58(52)64-56/h1-35H. The summed E-state index contributed by atoms with van der Waals surface area (Å²) < 4.78 is 12.9. The molecule has 298 valence electrons. The molecule has 0 fully saturated rings. The predicted octanol–water partition coefficient (Wildman–Crippen LogP) is 16.0. The van der Waals surface area contributed by atoms with E-state index in [1.165, 1.54) is 10.8 Å². The first-order valence-corrected chi connectivity index (χ1v) is 21.5. The minimum atomic E-state index is 0.656. The Morgan fingerprint density at radius 2 is 0.750 bits per heavy atom. The Labute approximate surface area is 367 Å². The third-order valence-corrected chi connectivity index (χ3v) is 12.5. The normalized spacial score (nSPS) is 11.8. The van der Waals surface area contributed by atoms with Gasteiger partial charge < -0.3 is 8.83 Å². The Morgan fingerprint density at radius 3 is 1.34 bits per heavy atom. The summed E-state index contributed by atoms with van der Waals surface area (Å²) in [7, 11) is 0. The maximum Gasteiger partial charge on any atom is 0.160 e. The second-order valence-electron chi connectivity index (χ2n) is 16.5. The highest BCUT2D eigenvalue weighted by Crippen LogP contribution is 2.41. The number of benzene rings is 9. The van der Waals surface area contributed by atoms with Crippen molar-refractivity contribution in [1.29, 1.82) is 0 Å². The molecule has 5 heteroatoms. The molecule has 13 aromatic rings. The Morgan fingerprint density at radius 1 is 0.281 bits per heavy atom. The molecular weight excluding hydrogens is 783 g/mol. The fourth-order valence-corrected chi connectivity index (χ4v) is 9.24. The molecule has 0 saturated heterocycles. The van der Waals surface area contributed by atoms with E-state index >= 15 is 0 Å². The van der Waals surface area contributed by atoms with Crippen molar-refractivity contribution >= 4 is 65.4 Å². The van der Waals surface area contributed by atoms with Crippen molar-refractivity contribution in [3.05, 3.63) is 213 Å². The van der Waals surface area contributed by atoms with Crippen molar-refractivity contribution in [2.75, 3.05) is 0 Å². The first kappa shape index (κ1) is 36.0. The molecule has 4 heterocycles. The first-order chi connectivity index (χ1) is 31.6. The quantitative estimate of drug-likeness (QED) is 0.167. The van der Waals surface area contributed by atoms with Gasteiger partial charge in [0.05, 0.1) is 11.4 Å². The molecule has 0 N–H and O–H groups in total. The summed E-state index contributed by atoms with van der Waals surface area (Å²) in [6.07, 6.45) is 3.69. The van der Waals surface area contributed by atoms with Gasteiger partial charge >= 0.3 is 0 Å². The second-order valence-corrected chi connectivity index (χ2v) is 16.5. The molecule has 13 rings (SSSR count). The molecule has 0 aliphatic heterocycles. The molecule has 0 radical (unpaired) electrons. The van der Waals surface area contributed by atoms with Crippen LogP contribution in [0.5, 0.6) is 0 Å². The number of hydrogen-bond acceptors (Lipinski definition) is 5. The lowest BCUT2D eigenvalue weighted by Gasteiger charge is -2.14. The molecule has 0 spiro atoms. The minimum Gasteiger partial charge on any atom is -0.456 e. The van der Waals surface area contributed by atoms with E-state index < -0.39 is 0 Å². The van der Waals surface area contributed by atoms with Gasteiger partial charge in [0.2, 0.25) is 0 Å². The maximum atomic E-state index is 6.45. The summed E-state index contributed by atoms with van der Waals surface area (Å²) in [6, 6.07) is 70.4. The van der Waals surface area contributed by atoms with Crippen molar-refractivity contribution in [2.24, 2.45) is 0 Å². The molecule has 9 aromatic carbocycles. The van der Waals surface area contributed by atoms with Crippen molar-refractivity contribution in [3.63, 3.8) is 0 Å². The largest absolute Gasteiger partial charge is 0.456 e. The van der Waals surface area contributed by atoms with E-state index in [1.807, 2.05) is 30.5 Å². The molecule has 0 unspecified atom stereocenters. The Balaban J connectivity index is 1.03. The van der Waals surface area contributed by atoms with Crippen molar-refractivity contribution < 1.29 is 8.83 Å². The lowest BCUT2D eigenvalue weighted by molar-refractivity contribution is 0.669. The number of pyridine rings is 1. The smallest absolute Gasteiger partial charge is 0.160 e. The number of hydrogen-bond donors (Lipinski definition) is 0. The Bertz CT molecular complexity index is 3790. The summed E-state index contributed by atoms with van der Waals surface area (Å²) in [5.74, 6) is 0.656. The van der Waals surface area contributed by atoms with Gasteiger partial charge in [-0.2, -0.15) is 0 Å². The zero-order valence-corrected chi connectivity index (χ0v) is 34.4. The molecule has 0 aliphatic carbocycles. The molecular formula is C59H35N3O2. The topological polar surface area (TPSA) is 65.0 Å². The number of nitrogens with zero attached hydrogens (tertiary/aromatic N) is 3. The van der Waals surface area contributed by atoms with E-state index in [2.05, 4.69) is 181 Å². The van der Waals surface area contributed by atoms with Gasteiger partial charge in [0.15, 0.2) is 5.82 Å². The van der Waals surface area contributed by atoms with Gasteiger partial charge in [-0.05, 0) is 134 Å². The van der Waals surface area contributed by atoms with E-state index in [-0.39, 0.29) is 0 Å². The lowest BCUT2D eigenvalue weighted by Crippen LogP contribution is -1.97. The van der Waals surface area contributed by atoms with E-state index in [0.29, 0.717) is 5.82 Å². The van der Waals surface area contributed by atoms with Crippen LogP contribution < -0.4 is 0 Å². The Kier molecular flexibility index (Phi) is 8.15. The molecule has 0 saturated carbocycles. The average molecular weight is 818 g/mol. The Hall–Kier alpha value is -8.67. The van der Waals surface area contributed by atoms with Crippen LogP contribution in [0.15, 0.2) is 221 Å². The summed E-state index contributed by atoms with van der Waals surface area (Å²) in [4.78, 5) is 14.9. The third kappa shape index (κ3) is 6.21. The molecule has 0 bridgehead atoms. The monoisotopic (exact) mass is 817 g/mol. The second kappa shape index (κ2) is 14.5. The molecule has 64 heavy (non-hydrogen) atoms. The highest BCUT2D eigenvalue weighted by Gasteiger charge is 2.17. The molecule has 0 atom stereocenters. The third-order valence-electron chi connectivity index (χ3n) is 12.5. The van der Waals surface area contributed by atoms with Crippen LogP contribution in [0, 0.1) is 0 Å². The van der Waals surface area contributed by atoms with Crippen LogP contribution in [-0.2, 0) is 0 Å². The number of fused-ring (bicyclic) bond motifs is 8. The van der Waals surface area contributed by atoms with Gasteiger partial charge in [-0.1, -0.05) is 115 Å². The van der Waals surface area contributed by atoms with E-state index in [9.17, 15) is 0 Å². The van der Waals surface area contributed by atoms with Crippen LogP contribution in [0.25, 0.3) is 133 Å². The van der Waals surface area contributed by atoms with Crippen molar-refractivity contribution in [3.8, 4) is 67.3 Å². The van der Waals surface area contributed by atoms with Crippen molar-refractivity contribution in [2.45, 2.75) is 0 Å². The minimum absolute atomic E-state index is 0.656. The molecule has 4 aromatic heterocycles. The zero-order chi connectivity index (χ0) is 42.1. The van der Waals surface area contributed by atoms with Crippen LogP contribution >= 0.6 is 0 Å². The number of aromatic nitrogens is 3. The van der Waals surface area contributed by atoms with E-state index in [0.717, 1.165) is 116 Å².